The van der Waals surface area contributed by atoms with Gasteiger partial charge in [-0.3, -0.25) is 10.1 Å². The number of nitrogens with one attached hydrogen (secondary N) is 2. The van der Waals surface area contributed by atoms with E-state index in [0.29, 0.717) is 17.7 Å². The third kappa shape index (κ3) is 3.36. The quantitative estimate of drug-likeness (QED) is 0.444. The Balaban J connectivity index is 2.20. The number of rotatable bonds is 4. The Morgan fingerprint density at radius 2 is 1.95 bits per heavy atom. The first kappa shape index (κ1) is 14.5. The van der Waals surface area contributed by atoms with Crippen LogP contribution in [-0.4, -0.2) is 15.9 Å². The molecule has 7 heteroatoms. The van der Waals surface area contributed by atoms with Crippen LogP contribution in [0.15, 0.2) is 12.1 Å². The molecule has 0 amide bonds. The van der Waals surface area contributed by atoms with Gasteiger partial charge in [0.05, 0.1) is 4.92 Å². The summed E-state index contributed by atoms with van der Waals surface area (Å²) in [6.45, 7) is 4.42. The van der Waals surface area contributed by atoms with Gasteiger partial charge in [-0.1, -0.05) is 13.8 Å². The van der Waals surface area contributed by atoms with Gasteiger partial charge < -0.3 is 10.7 Å². The van der Waals surface area contributed by atoms with E-state index in [-0.39, 0.29) is 17.5 Å². The minimum Gasteiger partial charge on any atom is -0.362 e. The lowest BCUT2D eigenvalue weighted by molar-refractivity contribution is -0.384. The van der Waals surface area contributed by atoms with Crippen LogP contribution in [0.25, 0.3) is 0 Å². The third-order valence-corrected chi connectivity index (χ3v) is 3.74. The number of hydrogen-bond acceptors (Lipinski definition) is 6. The second-order valence-electron chi connectivity index (χ2n) is 5.72. The molecule has 20 heavy (non-hydrogen) atoms. The van der Waals surface area contributed by atoms with E-state index in [0.717, 1.165) is 12.8 Å². The molecule has 4 N–H and O–H groups in total. The van der Waals surface area contributed by atoms with Crippen LogP contribution in [0.4, 0.5) is 17.3 Å². The lowest BCUT2D eigenvalue weighted by Crippen LogP contribution is -2.30. The number of anilines is 2. The maximum absolute atomic E-state index is 11.1. The van der Waals surface area contributed by atoms with E-state index in [9.17, 15) is 10.1 Å². The van der Waals surface area contributed by atoms with Crippen molar-refractivity contribution in [2.45, 2.75) is 39.2 Å². The Bertz CT molecular complexity index is 484. The molecule has 1 aromatic heterocycles. The van der Waals surface area contributed by atoms with Gasteiger partial charge >= 0.3 is 5.69 Å². The van der Waals surface area contributed by atoms with Crippen LogP contribution in [0, 0.1) is 22.0 Å². The second kappa shape index (κ2) is 6.04. The number of nitrogens with two attached hydrogens (primary N) is 1. The Labute approximate surface area is 118 Å². The van der Waals surface area contributed by atoms with Crippen LogP contribution in [0.2, 0.25) is 0 Å². The van der Waals surface area contributed by atoms with Gasteiger partial charge in [0.2, 0.25) is 5.82 Å². The highest BCUT2D eigenvalue weighted by molar-refractivity contribution is 5.60. The lowest BCUT2D eigenvalue weighted by atomic mass is 9.80. The van der Waals surface area contributed by atoms with E-state index in [1.165, 1.54) is 18.6 Å². The molecule has 1 fully saturated rings. The predicted molar refractivity (Wildman–Crippen MR) is 78.3 cm³/mol. The molecule has 1 aromatic rings. The zero-order chi connectivity index (χ0) is 14.7. The van der Waals surface area contributed by atoms with Gasteiger partial charge in [-0.25, -0.2) is 10.8 Å². The highest BCUT2D eigenvalue weighted by atomic mass is 16.6. The van der Waals surface area contributed by atoms with E-state index < -0.39 is 4.92 Å². The summed E-state index contributed by atoms with van der Waals surface area (Å²) < 4.78 is 0. The summed E-state index contributed by atoms with van der Waals surface area (Å²) in [5.74, 6) is 7.25. The largest absolute Gasteiger partial charge is 0.362 e. The summed E-state index contributed by atoms with van der Waals surface area (Å²) in [7, 11) is 0. The van der Waals surface area contributed by atoms with Crippen molar-refractivity contribution < 1.29 is 4.92 Å². The number of hydrazine groups is 1. The van der Waals surface area contributed by atoms with Gasteiger partial charge in [-0.15, -0.1) is 0 Å². The maximum atomic E-state index is 11.1. The average Bonchev–Trinajstić information content (AvgIpc) is 2.37. The lowest BCUT2D eigenvalue weighted by Gasteiger charge is -2.32. The molecule has 2 unspecified atom stereocenters. The molecule has 0 aromatic carbocycles. The van der Waals surface area contributed by atoms with Crippen molar-refractivity contribution in [3.63, 3.8) is 0 Å². The Morgan fingerprint density at radius 3 is 2.50 bits per heavy atom. The third-order valence-electron chi connectivity index (χ3n) is 3.74. The molecule has 110 valence electrons. The number of hydrogen-bond donors (Lipinski definition) is 3. The van der Waals surface area contributed by atoms with Gasteiger partial charge in [-0.2, -0.15) is 0 Å². The molecule has 1 saturated carbocycles. The Kier molecular flexibility index (Phi) is 4.39. The number of nitro groups is 1. The fourth-order valence-corrected chi connectivity index (χ4v) is 3.04. The van der Waals surface area contributed by atoms with Crippen LogP contribution < -0.4 is 16.6 Å². The highest BCUT2D eigenvalue weighted by Crippen LogP contribution is 2.32. The van der Waals surface area contributed by atoms with Crippen molar-refractivity contribution in [1.29, 1.82) is 0 Å². The summed E-state index contributed by atoms with van der Waals surface area (Å²) in [4.78, 5) is 14.8. The van der Waals surface area contributed by atoms with E-state index in [2.05, 4.69) is 29.6 Å². The maximum Gasteiger partial charge on any atom is 0.311 e. The fourth-order valence-electron chi connectivity index (χ4n) is 3.04. The first-order valence-electron chi connectivity index (χ1n) is 6.88. The highest BCUT2D eigenvalue weighted by Gasteiger charge is 2.26. The van der Waals surface area contributed by atoms with E-state index in [1.54, 1.807) is 0 Å². The summed E-state index contributed by atoms with van der Waals surface area (Å²) >= 11 is 0. The van der Waals surface area contributed by atoms with Gasteiger partial charge in [0.1, 0.15) is 5.82 Å². The molecule has 1 aliphatic rings. The fraction of sp³-hybridized carbons (Fsp3) is 0.615. The van der Waals surface area contributed by atoms with Crippen molar-refractivity contribution in [3.8, 4) is 0 Å². The Hall–Kier alpha value is -1.89. The molecular formula is C13H21N5O2. The van der Waals surface area contributed by atoms with Crippen LogP contribution >= 0.6 is 0 Å². The average molecular weight is 279 g/mol. The molecule has 2 rings (SSSR count). The molecule has 2 atom stereocenters. The molecule has 0 radical (unpaired) electrons. The minimum absolute atomic E-state index is 0.0186. The summed E-state index contributed by atoms with van der Waals surface area (Å²) in [6, 6.07) is 3.13. The van der Waals surface area contributed by atoms with Crippen molar-refractivity contribution in [1.82, 2.24) is 4.98 Å². The van der Waals surface area contributed by atoms with Crippen molar-refractivity contribution >= 4 is 17.3 Å². The van der Waals surface area contributed by atoms with Gasteiger partial charge in [0.15, 0.2) is 0 Å². The van der Waals surface area contributed by atoms with E-state index in [1.807, 2.05) is 0 Å². The van der Waals surface area contributed by atoms with Gasteiger partial charge in [-0.05, 0) is 37.2 Å². The Morgan fingerprint density at radius 1 is 1.30 bits per heavy atom. The number of nitrogens with zero attached hydrogens (tertiary/aromatic N) is 2. The molecule has 0 saturated heterocycles. The monoisotopic (exact) mass is 279 g/mol. The van der Waals surface area contributed by atoms with Crippen LogP contribution in [0.3, 0.4) is 0 Å². The molecule has 0 aliphatic heterocycles. The van der Waals surface area contributed by atoms with Crippen molar-refractivity contribution in [3.05, 3.63) is 22.2 Å². The molecule has 1 heterocycles. The number of aromatic nitrogens is 1. The van der Waals surface area contributed by atoms with Crippen LogP contribution in [-0.2, 0) is 0 Å². The SMILES string of the molecule is CC1CC(C)CC(Nc2nc(NN)ccc2[N+](=O)[O-])C1. The molecule has 7 nitrogen and oxygen atoms in total. The molecular weight excluding hydrogens is 258 g/mol. The predicted octanol–water partition coefficient (Wildman–Crippen LogP) is 2.51. The van der Waals surface area contributed by atoms with Crippen LogP contribution in [0.1, 0.15) is 33.1 Å². The summed E-state index contributed by atoms with van der Waals surface area (Å²) in [6.07, 6.45) is 3.21. The first-order chi connectivity index (χ1) is 9.49. The molecule has 0 bridgehead atoms. The summed E-state index contributed by atoms with van der Waals surface area (Å²) in [5, 5.41) is 14.3. The zero-order valence-electron chi connectivity index (χ0n) is 11.8. The van der Waals surface area contributed by atoms with Gasteiger partial charge in [0, 0.05) is 12.1 Å². The van der Waals surface area contributed by atoms with Crippen LogP contribution in [0.5, 0.6) is 0 Å². The van der Waals surface area contributed by atoms with Crippen molar-refractivity contribution in [2.75, 3.05) is 10.7 Å². The van der Waals surface area contributed by atoms with Gasteiger partial charge in [0.25, 0.3) is 0 Å². The number of nitrogen functional groups attached to an aromatic ring is 1. The van der Waals surface area contributed by atoms with E-state index in [4.69, 9.17) is 5.84 Å². The van der Waals surface area contributed by atoms with Crippen molar-refractivity contribution in [2.24, 2.45) is 17.7 Å². The zero-order valence-corrected chi connectivity index (χ0v) is 11.8. The van der Waals surface area contributed by atoms with E-state index >= 15 is 0 Å². The molecule has 0 spiro atoms. The standard InChI is InChI=1S/C13H21N5O2/c1-8-5-9(2)7-10(6-8)15-13-11(18(19)20)3-4-12(16-13)17-14/h3-4,8-10H,5-7,14H2,1-2H3,(H2,15,16,17). The smallest absolute Gasteiger partial charge is 0.311 e. The molecule has 1 aliphatic carbocycles. The summed E-state index contributed by atoms with van der Waals surface area (Å²) in [5.41, 5.74) is 2.40. The normalized spacial score (nSPS) is 26.1. The topological polar surface area (TPSA) is 106 Å². The second-order valence-corrected chi connectivity index (χ2v) is 5.72. The first-order valence-corrected chi connectivity index (χ1v) is 6.88. The minimum atomic E-state index is -0.425. The number of pyridine rings is 1.